The van der Waals surface area contributed by atoms with Crippen LogP contribution in [0.1, 0.15) is 17.3 Å². The summed E-state index contributed by atoms with van der Waals surface area (Å²) in [6.07, 6.45) is 0. The predicted octanol–water partition coefficient (Wildman–Crippen LogP) is 3.14. The van der Waals surface area contributed by atoms with Crippen LogP contribution in [-0.4, -0.2) is 14.0 Å². The van der Waals surface area contributed by atoms with Gasteiger partial charge >= 0.3 is 5.97 Å². The number of carbonyl (C=O) groups excluding carboxylic acids is 1. The molecule has 0 aromatic heterocycles. The molecule has 1 aromatic carbocycles. The standard InChI is InChI=1S/C16H20O3Si/c1-6-20(5,7-2)15-10-8-14(9-11-15)16(17)19-18-12-13(3)4/h6-13H,1-3H2,4-5H3. The fourth-order valence-electron chi connectivity index (χ4n) is 1.50. The molecule has 1 atom stereocenters. The summed E-state index contributed by atoms with van der Waals surface area (Å²) >= 11 is 0. The molecule has 20 heavy (non-hydrogen) atoms. The van der Waals surface area contributed by atoms with E-state index in [0.717, 1.165) is 5.19 Å². The van der Waals surface area contributed by atoms with Gasteiger partial charge in [0.15, 0.2) is 0 Å². The van der Waals surface area contributed by atoms with Crippen molar-refractivity contribution in [2.75, 3.05) is 0 Å². The summed E-state index contributed by atoms with van der Waals surface area (Å²) in [7, 11) is -1.84. The zero-order chi connectivity index (χ0) is 15.2. The minimum Gasteiger partial charge on any atom is -0.292 e. The first-order chi connectivity index (χ1) is 9.42. The highest BCUT2D eigenvalue weighted by molar-refractivity contribution is 6.98. The Morgan fingerprint density at radius 2 is 1.80 bits per heavy atom. The molecule has 0 aliphatic heterocycles. The van der Waals surface area contributed by atoms with Crippen LogP contribution in [0.5, 0.6) is 0 Å². The molecule has 1 unspecified atom stereocenters. The van der Waals surface area contributed by atoms with Crippen LogP contribution in [0.25, 0.3) is 0 Å². The molecular weight excluding hydrogens is 268 g/mol. The molecule has 0 N–H and O–H groups in total. The Labute approximate surface area is 121 Å². The summed E-state index contributed by atoms with van der Waals surface area (Å²) in [5, 5.41) is 1.14. The normalized spacial score (nSPS) is 11.2. The number of carbonyl (C=O) groups is 1. The van der Waals surface area contributed by atoms with E-state index in [0.29, 0.717) is 5.56 Å². The van der Waals surface area contributed by atoms with Crippen LogP contribution < -0.4 is 5.19 Å². The zero-order valence-corrected chi connectivity index (χ0v) is 13.0. The molecule has 0 heterocycles. The van der Waals surface area contributed by atoms with Gasteiger partial charge in [0.05, 0.1) is 5.56 Å². The Bertz CT molecular complexity index is 469. The molecule has 1 rings (SSSR count). The van der Waals surface area contributed by atoms with Crippen molar-refractivity contribution in [3.8, 4) is 0 Å². The first kappa shape index (κ1) is 16.4. The van der Waals surface area contributed by atoms with Gasteiger partial charge in [0, 0.05) is 0 Å². The van der Waals surface area contributed by atoms with Crippen molar-refractivity contribution in [2.45, 2.75) is 13.5 Å². The van der Waals surface area contributed by atoms with Gasteiger partial charge in [-0.25, -0.2) is 4.79 Å². The van der Waals surface area contributed by atoms with Crippen molar-refractivity contribution < 1.29 is 14.6 Å². The van der Waals surface area contributed by atoms with Crippen LogP contribution in [0.3, 0.4) is 0 Å². The van der Waals surface area contributed by atoms with Crippen LogP contribution in [-0.2, 0) is 9.78 Å². The molecule has 0 saturated heterocycles. The molecular formula is C16H20O3Si. The van der Waals surface area contributed by atoms with E-state index in [1.807, 2.05) is 30.5 Å². The number of hydrogen-bond acceptors (Lipinski definition) is 3. The van der Waals surface area contributed by atoms with Gasteiger partial charge in [-0.15, -0.1) is 13.2 Å². The first-order valence-electron chi connectivity index (χ1n) is 6.34. The lowest BCUT2D eigenvalue weighted by Gasteiger charge is -2.19. The van der Waals surface area contributed by atoms with Crippen LogP contribution in [0.15, 0.2) is 48.8 Å². The summed E-state index contributed by atoms with van der Waals surface area (Å²) in [5.74, 6) is -0.592. The van der Waals surface area contributed by atoms with Crippen LogP contribution >= 0.6 is 0 Å². The second kappa shape index (κ2) is 7.22. The maximum atomic E-state index is 11.7. The highest BCUT2D eigenvalue weighted by Gasteiger charge is 2.22. The molecule has 0 fully saturated rings. The van der Waals surface area contributed by atoms with Gasteiger partial charge in [-0.2, -0.15) is 4.89 Å². The van der Waals surface area contributed by atoms with Crippen molar-refractivity contribution in [1.29, 1.82) is 0 Å². The van der Waals surface area contributed by atoms with Crippen molar-refractivity contribution in [3.63, 3.8) is 0 Å². The SMILES string of the molecule is [CH2]C(C)[CH]OOC(=O)c1ccc([Si](C)(C=C)C=C)cc1. The van der Waals surface area contributed by atoms with Crippen molar-refractivity contribution in [2.24, 2.45) is 5.92 Å². The zero-order valence-electron chi connectivity index (χ0n) is 12.0. The minimum atomic E-state index is -1.84. The largest absolute Gasteiger partial charge is 0.373 e. The maximum Gasteiger partial charge on any atom is 0.373 e. The van der Waals surface area contributed by atoms with E-state index >= 15 is 0 Å². The van der Waals surface area contributed by atoms with E-state index in [1.54, 1.807) is 12.1 Å². The average molecular weight is 288 g/mol. The maximum absolute atomic E-state index is 11.7. The van der Waals surface area contributed by atoms with Gasteiger partial charge in [-0.05, 0) is 25.0 Å². The molecule has 0 aliphatic rings. The van der Waals surface area contributed by atoms with E-state index in [4.69, 9.17) is 4.89 Å². The molecule has 0 saturated carbocycles. The summed E-state index contributed by atoms with van der Waals surface area (Å²) in [4.78, 5) is 21.1. The Hall–Kier alpha value is -1.65. The van der Waals surface area contributed by atoms with Gasteiger partial charge in [0.2, 0.25) is 0 Å². The summed E-state index contributed by atoms with van der Waals surface area (Å²) in [6, 6.07) is 7.24. The Morgan fingerprint density at radius 3 is 2.25 bits per heavy atom. The average Bonchev–Trinajstić information content (AvgIpc) is 2.46. The van der Waals surface area contributed by atoms with E-state index in [-0.39, 0.29) is 5.92 Å². The molecule has 0 aliphatic carbocycles. The fourth-order valence-corrected chi connectivity index (χ4v) is 3.02. The van der Waals surface area contributed by atoms with Crippen LogP contribution in [0, 0.1) is 19.4 Å². The molecule has 0 amide bonds. The third-order valence-electron chi connectivity index (χ3n) is 3.00. The first-order valence-corrected chi connectivity index (χ1v) is 9.00. The second-order valence-corrected chi connectivity index (χ2v) is 8.81. The Morgan fingerprint density at radius 1 is 1.25 bits per heavy atom. The van der Waals surface area contributed by atoms with Gasteiger partial charge in [0.25, 0.3) is 0 Å². The number of benzene rings is 1. The number of hydrogen-bond donors (Lipinski definition) is 0. The topological polar surface area (TPSA) is 35.5 Å². The Balaban J connectivity index is 2.73. The smallest absolute Gasteiger partial charge is 0.292 e. The minimum absolute atomic E-state index is 0.0583. The molecule has 4 heteroatoms. The lowest BCUT2D eigenvalue weighted by Crippen LogP contribution is -2.40. The second-order valence-electron chi connectivity index (χ2n) is 4.85. The third-order valence-corrected chi connectivity index (χ3v) is 6.28. The lowest BCUT2D eigenvalue weighted by molar-refractivity contribution is -0.216. The van der Waals surface area contributed by atoms with Crippen LogP contribution in [0.4, 0.5) is 0 Å². The molecule has 106 valence electrons. The van der Waals surface area contributed by atoms with Crippen molar-refractivity contribution in [1.82, 2.24) is 0 Å². The molecule has 3 nitrogen and oxygen atoms in total. The fraction of sp³-hybridized carbons (Fsp3) is 0.188. The van der Waals surface area contributed by atoms with Gasteiger partial charge in [-0.3, -0.25) is 4.89 Å². The third kappa shape index (κ3) is 4.18. The number of rotatable bonds is 7. The summed E-state index contributed by atoms with van der Waals surface area (Å²) in [5.41, 5.74) is 4.32. The Kier molecular flexibility index (Phi) is 5.92. The van der Waals surface area contributed by atoms with E-state index < -0.39 is 14.0 Å². The lowest BCUT2D eigenvalue weighted by atomic mass is 10.2. The quantitative estimate of drug-likeness (QED) is 0.439. The monoisotopic (exact) mass is 288 g/mol. The van der Waals surface area contributed by atoms with E-state index in [2.05, 4.69) is 31.5 Å². The van der Waals surface area contributed by atoms with E-state index in [1.165, 1.54) is 6.61 Å². The predicted molar refractivity (Wildman–Crippen MR) is 83.4 cm³/mol. The summed E-state index contributed by atoms with van der Waals surface area (Å²) in [6.45, 7) is 16.7. The van der Waals surface area contributed by atoms with Gasteiger partial charge in [-0.1, -0.05) is 42.2 Å². The highest BCUT2D eigenvalue weighted by Crippen LogP contribution is 2.09. The summed E-state index contributed by atoms with van der Waals surface area (Å²) < 4.78 is 0. The van der Waals surface area contributed by atoms with Crippen molar-refractivity contribution in [3.05, 3.63) is 67.9 Å². The van der Waals surface area contributed by atoms with Crippen LogP contribution in [0.2, 0.25) is 6.55 Å². The molecule has 0 spiro atoms. The molecule has 2 radical (unpaired) electrons. The highest BCUT2D eigenvalue weighted by atomic mass is 28.3. The van der Waals surface area contributed by atoms with Gasteiger partial charge < -0.3 is 0 Å². The molecule has 0 bridgehead atoms. The van der Waals surface area contributed by atoms with Crippen molar-refractivity contribution >= 4 is 19.2 Å². The van der Waals surface area contributed by atoms with E-state index in [9.17, 15) is 4.79 Å². The molecule has 1 aromatic rings. The van der Waals surface area contributed by atoms with Gasteiger partial charge in [0.1, 0.15) is 14.7 Å².